The van der Waals surface area contributed by atoms with Gasteiger partial charge in [0.1, 0.15) is 12.6 Å². The molecule has 0 aromatic heterocycles. The fourth-order valence-corrected chi connectivity index (χ4v) is 3.90. The third-order valence-electron chi connectivity index (χ3n) is 5.50. The molecule has 0 saturated heterocycles. The van der Waals surface area contributed by atoms with Gasteiger partial charge in [0.2, 0.25) is 5.91 Å². The Hall–Kier alpha value is -3.44. The number of aryl methyl sites for hydroxylation is 1. The van der Waals surface area contributed by atoms with Crippen molar-refractivity contribution < 1.29 is 14.9 Å². The highest BCUT2D eigenvalue weighted by atomic mass is 16.2. The second kappa shape index (κ2) is 8.51. The van der Waals surface area contributed by atoms with Crippen LogP contribution in [-0.4, -0.2) is 24.4 Å². The summed E-state index contributed by atoms with van der Waals surface area (Å²) in [7, 11) is 0. The Morgan fingerprint density at radius 3 is 2.30 bits per heavy atom. The zero-order chi connectivity index (χ0) is 21.1. The van der Waals surface area contributed by atoms with E-state index in [2.05, 4.69) is 54.0 Å². The van der Waals surface area contributed by atoms with E-state index in [9.17, 15) is 9.59 Å². The molecule has 3 aromatic carbocycles. The molecule has 1 aliphatic rings. The first-order valence-corrected chi connectivity index (χ1v) is 10.2. The van der Waals surface area contributed by atoms with E-state index < -0.39 is 0 Å². The van der Waals surface area contributed by atoms with E-state index in [1.807, 2.05) is 49.4 Å². The summed E-state index contributed by atoms with van der Waals surface area (Å²) >= 11 is 0. The van der Waals surface area contributed by atoms with Crippen LogP contribution in [0.25, 0.3) is 0 Å². The molecule has 0 fully saturated rings. The molecular weight excluding hydrogens is 374 g/mol. The van der Waals surface area contributed by atoms with Gasteiger partial charge in [0.25, 0.3) is 5.91 Å². The van der Waals surface area contributed by atoms with Gasteiger partial charge in [-0.2, -0.15) is 0 Å². The number of fused-ring (bicyclic) bond motifs is 1. The number of hydrogen-bond donors (Lipinski definition) is 2. The van der Waals surface area contributed by atoms with Gasteiger partial charge >= 0.3 is 0 Å². The topological polar surface area (TPSA) is 66.0 Å². The maximum absolute atomic E-state index is 13.4. The van der Waals surface area contributed by atoms with Gasteiger partial charge in [-0.05, 0) is 26.0 Å². The number of carbonyl (C=O) groups is 2. The molecule has 0 bridgehead atoms. The van der Waals surface area contributed by atoms with Gasteiger partial charge < -0.3 is 10.6 Å². The number of para-hydroxylation sites is 2. The lowest BCUT2D eigenvalue weighted by molar-refractivity contribution is -0.704. The minimum absolute atomic E-state index is 0.0142. The molecule has 5 heteroatoms. The maximum Gasteiger partial charge on any atom is 0.285 e. The van der Waals surface area contributed by atoms with Crippen molar-refractivity contribution in [1.29, 1.82) is 0 Å². The molecular formula is C25H26N3O2+. The largest absolute Gasteiger partial charge is 0.326 e. The molecule has 3 aromatic rings. The first kappa shape index (κ1) is 19.9. The second-order valence-corrected chi connectivity index (χ2v) is 7.77. The number of benzene rings is 3. The standard InChI is InChI=1S/C25H25N3O2/c1-17-12-14-20(15-13-17)24(19-8-4-3-5-9-19)26-18(2)25(30)28-16-23(29)27-21-10-6-7-11-22(21)28/h3-15,18,24,26H,16H2,1-2H3,(H,27,29)/p+1/t18-,24+/m0/s1. The molecule has 4 rings (SSSR count). The quantitative estimate of drug-likeness (QED) is 0.691. The number of nitrogens with zero attached hydrogens (tertiary/aromatic N) is 1. The normalized spacial score (nSPS) is 15.1. The van der Waals surface area contributed by atoms with Crippen molar-refractivity contribution >= 4 is 23.2 Å². The van der Waals surface area contributed by atoms with Crippen molar-refractivity contribution in [3.63, 3.8) is 0 Å². The zero-order valence-corrected chi connectivity index (χ0v) is 17.2. The van der Waals surface area contributed by atoms with Crippen LogP contribution in [0.1, 0.15) is 29.7 Å². The highest BCUT2D eigenvalue weighted by molar-refractivity contribution is 6.10. The Morgan fingerprint density at radius 1 is 0.933 bits per heavy atom. The number of nitrogens with one attached hydrogen (secondary N) is 1. The van der Waals surface area contributed by atoms with Crippen LogP contribution in [0.4, 0.5) is 11.4 Å². The number of anilines is 2. The van der Waals surface area contributed by atoms with Gasteiger partial charge in [-0.1, -0.05) is 72.3 Å². The molecule has 2 atom stereocenters. The summed E-state index contributed by atoms with van der Waals surface area (Å²) < 4.78 is 0. The minimum atomic E-state index is -0.365. The van der Waals surface area contributed by atoms with E-state index in [0.717, 1.165) is 16.8 Å². The summed E-state index contributed by atoms with van der Waals surface area (Å²) in [6.45, 7) is 4.01. The van der Waals surface area contributed by atoms with Gasteiger partial charge in [-0.25, -0.2) is 0 Å². The molecule has 0 spiro atoms. The third kappa shape index (κ3) is 4.11. The summed E-state index contributed by atoms with van der Waals surface area (Å²) in [4.78, 5) is 27.1. The molecule has 0 radical (unpaired) electrons. The van der Waals surface area contributed by atoms with E-state index in [4.69, 9.17) is 0 Å². The Kier molecular flexibility index (Phi) is 5.63. The average Bonchev–Trinajstić information content (AvgIpc) is 2.77. The molecule has 30 heavy (non-hydrogen) atoms. The SMILES string of the molecule is Cc1ccc([C@H]([NH2+][C@@H](C)C(=O)N2CC(=O)Nc3ccccc32)c2ccccc2)cc1. The predicted molar refractivity (Wildman–Crippen MR) is 118 cm³/mol. The lowest BCUT2D eigenvalue weighted by atomic mass is 9.97. The number of amides is 2. The average molecular weight is 401 g/mol. The molecule has 1 aliphatic heterocycles. The number of quaternary nitrogens is 1. The van der Waals surface area contributed by atoms with Crippen LogP contribution in [-0.2, 0) is 9.59 Å². The highest BCUT2D eigenvalue weighted by Gasteiger charge is 2.33. The summed E-state index contributed by atoms with van der Waals surface area (Å²) in [5.41, 5.74) is 4.90. The van der Waals surface area contributed by atoms with Crippen LogP contribution in [0.2, 0.25) is 0 Å². The van der Waals surface area contributed by atoms with E-state index in [1.54, 1.807) is 4.90 Å². The molecule has 3 N–H and O–H groups in total. The van der Waals surface area contributed by atoms with E-state index in [1.165, 1.54) is 5.56 Å². The van der Waals surface area contributed by atoms with E-state index in [-0.39, 0.29) is 30.4 Å². The Balaban J connectivity index is 1.61. The molecule has 0 aliphatic carbocycles. The number of rotatable bonds is 5. The molecule has 2 amide bonds. The Labute approximate surface area is 176 Å². The first-order valence-electron chi connectivity index (χ1n) is 10.2. The summed E-state index contributed by atoms with van der Waals surface area (Å²) in [6.07, 6.45) is 0. The van der Waals surface area contributed by atoms with Crippen molar-refractivity contribution in [2.24, 2.45) is 0 Å². The van der Waals surface area contributed by atoms with E-state index >= 15 is 0 Å². The van der Waals surface area contributed by atoms with Crippen LogP contribution in [0.5, 0.6) is 0 Å². The Morgan fingerprint density at radius 2 is 1.57 bits per heavy atom. The molecule has 0 unspecified atom stereocenters. The molecule has 1 heterocycles. The fraction of sp³-hybridized carbons (Fsp3) is 0.200. The van der Waals surface area contributed by atoms with E-state index in [0.29, 0.717) is 5.69 Å². The van der Waals surface area contributed by atoms with Crippen molar-refractivity contribution in [1.82, 2.24) is 0 Å². The smallest absolute Gasteiger partial charge is 0.285 e. The van der Waals surface area contributed by atoms with Gasteiger partial charge in [0.15, 0.2) is 6.04 Å². The van der Waals surface area contributed by atoms with Gasteiger partial charge in [0.05, 0.1) is 11.4 Å². The fourth-order valence-electron chi connectivity index (χ4n) is 3.90. The molecule has 5 nitrogen and oxygen atoms in total. The third-order valence-corrected chi connectivity index (χ3v) is 5.50. The zero-order valence-electron chi connectivity index (χ0n) is 17.2. The monoisotopic (exact) mass is 400 g/mol. The van der Waals surface area contributed by atoms with Crippen LogP contribution in [0.3, 0.4) is 0 Å². The predicted octanol–water partition coefficient (Wildman–Crippen LogP) is 3.02. The summed E-state index contributed by atoms with van der Waals surface area (Å²) in [5.74, 6) is -0.252. The van der Waals surface area contributed by atoms with Gasteiger partial charge in [0, 0.05) is 11.1 Å². The van der Waals surface area contributed by atoms with Crippen molar-refractivity contribution in [3.05, 3.63) is 95.6 Å². The lowest BCUT2D eigenvalue weighted by Gasteiger charge is -2.31. The first-order chi connectivity index (χ1) is 14.5. The highest BCUT2D eigenvalue weighted by Crippen LogP contribution is 2.29. The molecule has 0 saturated carbocycles. The van der Waals surface area contributed by atoms with Crippen molar-refractivity contribution in [2.45, 2.75) is 25.9 Å². The summed E-state index contributed by atoms with van der Waals surface area (Å²) in [6, 6.07) is 25.7. The van der Waals surface area contributed by atoms with Crippen molar-refractivity contribution in [3.8, 4) is 0 Å². The van der Waals surface area contributed by atoms with Crippen LogP contribution >= 0.6 is 0 Å². The minimum Gasteiger partial charge on any atom is -0.326 e. The Bertz CT molecular complexity index is 1050. The van der Waals surface area contributed by atoms with Gasteiger partial charge in [-0.15, -0.1) is 0 Å². The lowest BCUT2D eigenvalue weighted by Crippen LogP contribution is -2.93. The second-order valence-electron chi connectivity index (χ2n) is 7.77. The van der Waals surface area contributed by atoms with Crippen LogP contribution in [0.15, 0.2) is 78.9 Å². The van der Waals surface area contributed by atoms with Crippen LogP contribution in [0, 0.1) is 6.92 Å². The maximum atomic E-state index is 13.4. The molecule has 152 valence electrons. The van der Waals surface area contributed by atoms with Crippen molar-refractivity contribution in [2.75, 3.05) is 16.8 Å². The number of hydrogen-bond acceptors (Lipinski definition) is 2. The summed E-state index contributed by atoms with van der Waals surface area (Å²) in [5, 5.41) is 4.92. The number of nitrogens with two attached hydrogens (primary N) is 1. The number of carbonyl (C=O) groups excluding carboxylic acids is 2. The van der Waals surface area contributed by atoms with Crippen LogP contribution < -0.4 is 15.5 Å². The van der Waals surface area contributed by atoms with Gasteiger partial charge in [-0.3, -0.25) is 14.5 Å².